The van der Waals surface area contributed by atoms with Crippen LogP contribution in [0.4, 0.5) is 5.69 Å². The molecule has 0 fully saturated rings. The van der Waals surface area contributed by atoms with Crippen molar-refractivity contribution >= 4 is 33.1 Å². The number of thiazole rings is 1. The summed E-state index contributed by atoms with van der Waals surface area (Å²) in [7, 11) is 1.73. The molecular weight excluding hydrogens is 320 g/mol. The molecule has 0 saturated heterocycles. The molecule has 0 spiro atoms. The van der Waals surface area contributed by atoms with Crippen LogP contribution < -0.4 is 4.90 Å². The van der Waals surface area contributed by atoms with Crippen molar-refractivity contribution in [2.45, 2.75) is 0 Å². The van der Waals surface area contributed by atoms with E-state index in [1.807, 2.05) is 54.6 Å². The zero-order chi connectivity index (χ0) is 16.5. The van der Waals surface area contributed by atoms with Gasteiger partial charge in [0.2, 0.25) is 0 Å². The monoisotopic (exact) mass is 334 g/mol. The second-order valence-electron chi connectivity index (χ2n) is 5.35. The number of aromatic nitrogens is 1. The van der Waals surface area contributed by atoms with Crippen molar-refractivity contribution in [2.24, 2.45) is 0 Å². The molecule has 5 heteroatoms. The van der Waals surface area contributed by atoms with E-state index in [4.69, 9.17) is 4.42 Å². The van der Waals surface area contributed by atoms with Gasteiger partial charge in [0.25, 0.3) is 5.91 Å². The molecule has 2 aromatic heterocycles. The number of carbonyl (C=O) groups excluding carboxylic acids is 1. The summed E-state index contributed by atoms with van der Waals surface area (Å²) in [4.78, 5) is 18.7. The maximum absolute atomic E-state index is 12.6. The number of para-hydroxylation sites is 2. The van der Waals surface area contributed by atoms with Crippen molar-refractivity contribution < 1.29 is 9.21 Å². The smallest absolute Gasteiger partial charge is 0.293 e. The molecule has 4 nitrogen and oxygen atoms in total. The van der Waals surface area contributed by atoms with Crippen LogP contribution in [0.1, 0.15) is 10.6 Å². The van der Waals surface area contributed by atoms with E-state index in [0.717, 1.165) is 20.9 Å². The molecule has 4 aromatic rings. The standard InChI is InChI=1S/C19H14N2O2S/c1-21(13-7-3-2-4-8-13)19(22)16-12-11-15(23-16)18-20-14-9-5-6-10-17(14)24-18/h2-12H,1H3. The van der Waals surface area contributed by atoms with Gasteiger partial charge in [0.05, 0.1) is 10.2 Å². The average Bonchev–Trinajstić information content (AvgIpc) is 3.27. The number of fused-ring (bicyclic) bond motifs is 1. The van der Waals surface area contributed by atoms with Gasteiger partial charge < -0.3 is 9.32 Å². The zero-order valence-corrected chi connectivity index (χ0v) is 13.8. The van der Waals surface area contributed by atoms with E-state index in [9.17, 15) is 4.79 Å². The Balaban J connectivity index is 1.63. The van der Waals surface area contributed by atoms with Gasteiger partial charge in [0, 0.05) is 12.7 Å². The van der Waals surface area contributed by atoms with E-state index in [-0.39, 0.29) is 5.91 Å². The highest BCUT2D eigenvalue weighted by Crippen LogP contribution is 2.31. The van der Waals surface area contributed by atoms with E-state index in [1.54, 1.807) is 35.4 Å². The summed E-state index contributed by atoms with van der Waals surface area (Å²) >= 11 is 1.55. The number of furan rings is 1. The predicted octanol–water partition coefficient (Wildman–Crippen LogP) is 4.83. The van der Waals surface area contributed by atoms with Gasteiger partial charge in [-0.15, -0.1) is 11.3 Å². The van der Waals surface area contributed by atoms with E-state index in [2.05, 4.69) is 4.98 Å². The van der Waals surface area contributed by atoms with Gasteiger partial charge in [-0.2, -0.15) is 0 Å². The number of benzene rings is 2. The third-order valence-electron chi connectivity index (χ3n) is 3.77. The third-order valence-corrected chi connectivity index (χ3v) is 4.82. The Labute approximate surface area is 143 Å². The number of anilines is 1. The maximum atomic E-state index is 12.6. The summed E-state index contributed by atoms with van der Waals surface area (Å²) in [5.41, 5.74) is 1.75. The van der Waals surface area contributed by atoms with Gasteiger partial charge in [-0.25, -0.2) is 4.98 Å². The number of hydrogen-bond acceptors (Lipinski definition) is 4. The molecule has 24 heavy (non-hydrogen) atoms. The number of nitrogens with zero attached hydrogens (tertiary/aromatic N) is 2. The fraction of sp³-hybridized carbons (Fsp3) is 0.0526. The molecular formula is C19H14N2O2S. The molecule has 2 aromatic carbocycles. The highest BCUT2D eigenvalue weighted by Gasteiger charge is 2.19. The van der Waals surface area contributed by atoms with Gasteiger partial charge in [-0.3, -0.25) is 4.79 Å². The van der Waals surface area contributed by atoms with Crippen molar-refractivity contribution in [3.63, 3.8) is 0 Å². The Morgan fingerprint density at radius 2 is 1.75 bits per heavy atom. The lowest BCUT2D eigenvalue weighted by Gasteiger charge is -2.15. The van der Waals surface area contributed by atoms with Crippen molar-refractivity contribution in [2.75, 3.05) is 11.9 Å². The topological polar surface area (TPSA) is 46.3 Å². The van der Waals surface area contributed by atoms with E-state index in [1.165, 1.54) is 0 Å². The zero-order valence-electron chi connectivity index (χ0n) is 13.0. The van der Waals surface area contributed by atoms with Gasteiger partial charge in [-0.1, -0.05) is 30.3 Å². The number of amides is 1. The number of hydrogen-bond donors (Lipinski definition) is 0. The molecule has 1 amide bonds. The second kappa shape index (κ2) is 5.94. The Bertz CT molecular complexity index is 971. The largest absolute Gasteiger partial charge is 0.448 e. The maximum Gasteiger partial charge on any atom is 0.293 e. The van der Waals surface area contributed by atoms with Crippen LogP contribution in [0.25, 0.3) is 21.0 Å². The van der Waals surface area contributed by atoms with Gasteiger partial charge in [0.1, 0.15) is 0 Å². The lowest BCUT2D eigenvalue weighted by Crippen LogP contribution is -2.25. The van der Waals surface area contributed by atoms with Crippen LogP contribution in [0.2, 0.25) is 0 Å². The molecule has 0 unspecified atom stereocenters. The van der Waals surface area contributed by atoms with Crippen LogP contribution in [-0.4, -0.2) is 17.9 Å². The highest BCUT2D eigenvalue weighted by atomic mass is 32.1. The van der Waals surface area contributed by atoms with Gasteiger partial charge in [-0.05, 0) is 36.4 Å². The summed E-state index contributed by atoms with van der Waals surface area (Å²) in [6.45, 7) is 0. The Kier molecular flexibility index (Phi) is 3.63. The molecule has 0 atom stereocenters. The summed E-state index contributed by atoms with van der Waals surface area (Å²) in [6, 6.07) is 20.9. The second-order valence-corrected chi connectivity index (χ2v) is 6.38. The first kappa shape index (κ1) is 14.7. The van der Waals surface area contributed by atoms with E-state index in [0.29, 0.717) is 11.5 Å². The average molecular weight is 334 g/mol. The Hall–Kier alpha value is -2.92. The molecule has 0 aliphatic rings. The summed E-state index contributed by atoms with van der Waals surface area (Å²) < 4.78 is 6.86. The van der Waals surface area contributed by atoms with E-state index < -0.39 is 0 Å². The fourth-order valence-electron chi connectivity index (χ4n) is 2.48. The van der Waals surface area contributed by atoms with Crippen molar-refractivity contribution in [3.05, 3.63) is 72.5 Å². The minimum absolute atomic E-state index is 0.187. The van der Waals surface area contributed by atoms with Crippen LogP contribution in [-0.2, 0) is 0 Å². The minimum atomic E-state index is -0.187. The third kappa shape index (κ3) is 2.59. The van der Waals surface area contributed by atoms with Crippen molar-refractivity contribution in [3.8, 4) is 10.8 Å². The van der Waals surface area contributed by atoms with Crippen LogP contribution in [0.3, 0.4) is 0 Å². The first-order valence-electron chi connectivity index (χ1n) is 7.51. The van der Waals surface area contributed by atoms with Crippen LogP contribution >= 0.6 is 11.3 Å². The first-order valence-corrected chi connectivity index (χ1v) is 8.33. The van der Waals surface area contributed by atoms with Crippen molar-refractivity contribution in [1.29, 1.82) is 0 Å². The highest BCUT2D eigenvalue weighted by molar-refractivity contribution is 7.21. The lowest BCUT2D eigenvalue weighted by molar-refractivity contribution is 0.0967. The number of rotatable bonds is 3. The molecule has 4 rings (SSSR count). The molecule has 0 aliphatic carbocycles. The SMILES string of the molecule is CN(C(=O)c1ccc(-c2nc3ccccc3s2)o1)c1ccccc1. The van der Waals surface area contributed by atoms with Crippen LogP contribution in [0, 0.1) is 0 Å². The Morgan fingerprint density at radius 3 is 2.54 bits per heavy atom. The summed E-state index contributed by atoms with van der Waals surface area (Å²) in [5, 5.41) is 0.776. The molecule has 0 saturated carbocycles. The molecule has 0 aliphatic heterocycles. The Morgan fingerprint density at radius 1 is 1.00 bits per heavy atom. The molecule has 2 heterocycles. The normalized spacial score (nSPS) is 10.9. The fourth-order valence-corrected chi connectivity index (χ4v) is 3.41. The van der Waals surface area contributed by atoms with Gasteiger partial charge >= 0.3 is 0 Å². The molecule has 118 valence electrons. The van der Waals surface area contributed by atoms with Crippen LogP contribution in [0.15, 0.2) is 71.1 Å². The van der Waals surface area contributed by atoms with E-state index >= 15 is 0 Å². The quantitative estimate of drug-likeness (QED) is 0.539. The van der Waals surface area contributed by atoms with Crippen LogP contribution in [0.5, 0.6) is 0 Å². The molecule has 0 N–H and O–H groups in total. The molecule has 0 bridgehead atoms. The number of carbonyl (C=O) groups is 1. The summed E-state index contributed by atoms with van der Waals surface area (Å²) in [5.74, 6) is 0.727. The molecule has 0 radical (unpaired) electrons. The predicted molar refractivity (Wildman–Crippen MR) is 96.5 cm³/mol. The first-order chi connectivity index (χ1) is 11.7. The lowest BCUT2D eigenvalue weighted by atomic mass is 10.3. The van der Waals surface area contributed by atoms with Crippen molar-refractivity contribution in [1.82, 2.24) is 4.98 Å². The van der Waals surface area contributed by atoms with Gasteiger partial charge in [0.15, 0.2) is 16.5 Å². The minimum Gasteiger partial charge on any atom is -0.448 e. The summed E-state index contributed by atoms with van der Waals surface area (Å²) in [6.07, 6.45) is 0.